The summed E-state index contributed by atoms with van der Waals surface area (Å²) in [5.74, 6) is 0.101. The van der Waals surface area contributed by atoms with E-state index in [2.05, 4.69) is 6.92 Å². The first kappa shape index (κ1) is 18.1. The smallest absolute Gasteiger partial charge is 0.343 e. The summed E-state index contributed by atoms with van der Waals surface area (Å²) in [6.07, 6.45) is 4.14. The molecule has 7 nitrogen and oxygen atoms in total. The Morgan fingerprint density at radius 3 is 2.78 bits per heavy atom. The topological polar surface area (TPSA) is 77.8 Å². The van der Waals surface area contributed by atoms with Gasteiger partial charge in [-0.1, -0.05) is 20.3 Å². The predicted molar refractivity (Wildman–Crippen MR) is 98.1 cm³/mol. The highest BCUT2D eigenvalue weighted by Crippen LogP contribution is 2.61. The molecule has 1 aromatic heterocycles. The molecular weight excluding hydrogens is 348 g/mol. The lowest BCUT2D eigenvalue weighted by Crippen LogP contribution is -2.49. The first-order valence-corrected chi connectivity index (χ1v) is 9.84. The molecule has 0 bridgehead atoms. The van der Waals surface area contributed by atoms with Gasteiger partial charge in [0.2, 0.25) is 5.43 Å². The van der Waals surface area contributed by atoms with Crippen molar-refractivity contribution in [1.29, 1.82) is 0 Å². The van der Waals surface area contributed by atoms with Crippen LogP contribution in [0.4, 0.5) is 0 Å². The molecule has 1 aromatic rings. The molecule has 0 radical (unpaired) electrons. The number of piperidine rings is 1. The maximum atomic E-state index is 13.3. The summed E-state index contributed by atoms with van der Waals surface area (Å²) < 4.78 is 12.5. The third kappa shape index (κ3) is 2.58. The highest BCUT2D eigenvalue weighted by Gasteiger charge is 2.68. The number of ether oxygens (including phenoxy) is 2. The highest BCUT2D eigenvalue weighted by atomic mass is 16.5. The Kier molecular flexibility index (Phi) is 4.28. The second kappa shape index (κ2) is 6.39. The number of hydrogen-bond donors (Lipinski definition) is 0. The number of carbonyl (C=O) groups excluding carboxylic acids is 2. The van der Waals surface area contributed by atoms with Gasteiger partial charge in [-0.25, -0.2) is 4.79 Å². The van der Waals surface area contributed by atoms with E-state index in [0.717, 1.165) is 19.3 Å². The first-order valence-electron chi connectivity index (χ1n) is 9.84. The molecule has 2 aliphatic heterocycles. The minimum atomic E-state index is -0.669. The van der Waals surface area contributed by atoms with Crippen LogP contribution in [0, 0.1) is 11.8 Å². The van der Waals surface area contributed by atoms with Crippen molar-refractivity contribution in [2.75, 3.05) is 19.8 Å². The lowest BCUT2D eigenvalue weighted by atomic mass is 10.1. The molecule has 1 amide bonds. The number of amides is 1. The van der Waals surface area contributed by atoms with Crippen LogP contribution in [-0.2, 0) is 11.3 Å². The molecule has 7 heteroatoms. The van der Waals surface area contributed by atoms with Crippen LogP contribution in [0.15, 0.2) is 11.0 Å². The minimum absolute atomic E-state index is 0.00870. The maximum absolute atomic E-state index is 13.3. The molecule has 3 atom stereocenters. The van der Waals surface area contributed by atoms with Gasteiger partial charge in [-0.05, 0) is 31.6 Å². The SMILES string of the molecule is CCCCOc1c2n(cc(C(=O)OCC)c1=O)C[C@@]13C[C@@H]1[C@@H](C)CN3C2=O. The Balaban J connectivity index is 1.81. The summed E-state index contributed by atoms with van der Waals surface area (Å²) in [4.78, 5) is 40.4. The summed E-state index contributed by atoms with van der Waals surface area (Å²) in [5, 5.41) is 0. The molecule has 1 spiro atoms. The number of hydrogen-bond acceptors (Lipinski definition) is 5. The third-order valence-corrected chi connectivity index (χ3v) is 6.17. The van der Waals surface area contributed by atoms with Crippen LogP contribution in [0.3, 0.4) is 0 Å². The fourth-order valence-electron chi connectivity index (χ4n) is 4.73. The van der Waals surface area contributed by atoms with E-state index in [4.69, 9.17) is 9.47 Å². The number of carbonyl (C=O) groups is 2. The van der Waals surface area contributed by atoms with E-state index in [9.17, 15) is 14.4 Å². The summed E-state index contributed by atoms with van der Waals surface area (Å²) in [6, 6.07) is 0. The van der Waals surface area contributed by atoms with Crippen molar-refractivity contribution in [3.63, 3.8) is 0 Å². The van der Waals surface area contributed by atoms with Crippen molar-refractivity contribution >= 4 is 11.9 Å². The molecule has 2 fully saturated rings. The van der Waals surface area contributed by atoms with E-state index in [1.807, 2.05) is 11.8 Å². The quantitative estimate of drug-likeness (QED) is 0.563. The Hall–Kier alpha value is -2.31. The van der Waals surface area contributed by atoms with Gasteiger partial charge in [0.1, 0.15) is 5.56 Å². The number of pyridine rings is 1. The van der Waals surface area contributed by atoms with E-state index in [0.29, 0.717) is 31.5 Å². The number of nitrogens with zero attached hydrogens (tertiary/aromatic N) is 2. The molecule has 1 saturated carbocycles. The van der Waals surface area contributed by atoms with Crippen molar-refractivity contribution < 1.29 is 19.1 Å². The van der Waals surface area contributed by atoms with Crippen LogP contribution >= 0.6 is 0 Å². The van der Waals surface area contributed by atoms with E-state index < -0.39 is 11.4 Å². The Morgan fingerprint density at radius 2 is 2.11 bits per heavy atom. The fraction of sp³-hybridized carbons (Fsp3) is 0.650. The van der Waals surface area contributed by atoms with E-state index in [1.54, 1.807) is 11.5 Å². The normalized spacial score (nSPS) is 27.7. The van der Waals surface area contributed by atoms with Crippen molar-refractivity contribution in [3.8, 4) is 5.75 Å². The molecule has 4 rings (SSSR count). The molecule has 146 valence electrons. The van der Waals surface area contributed by atoms with Crippen molar-refractivity contribution in [3.05, 3.63) is 27.7 Å². The molecule has 1 aliphatic carbocycles. The Bertz CT molecular complexity index is 861. The van der Waals surface area contributed by atoms with Crippen molar-refractivity contribution in [1.82, 2.24) is 9.47 Å². The Labute approximate surface area is 158 Å². The third-order valence-electron chi connectivity index (χ3n) is 6.17. The van der Waals surface area contributed by atoms with Gasteiger partial charge in [0.25, 0.3) is 5.91 Å². The standard InChI is InChI=1S/C20H26N2O5/c1-4-6-7-27-17-15-18(24)22-9-12(3)14-8-20(14,22)11-21(15)10-13(16(17)23)19(25)26-5-2/h10,12,14H,4-9,11H2,1-3H3/t12-,14+,20-/m0/s1. The molecule has 0 unspecified atom stereocenters. The first-order chi connectivity index (χ1) is 12.9. The molecule has 0 N–H and O–H groups in total. The summed E-state index contributed by atoms with van der Waals surface area (Å²) in [7, 11) is 0. The van der Waals surface area contributed by atoms with Crippen LogP contribution in [-0.4, -0.2) is 46.6 Å². The predicted octanol–water partition coefficient (Wildman–Crippen LogP) is 2.07. The number of aromatic nitrogens is 1. The summed E-state index contributed by atoms with van der Waals surface area (Å²) in [5.41, 5.74) is -0.507. The molecule has 1 saturated heterocycles. The van der Waals surface area contributed by atoms with Gasteiger partial charge in [0.05, 0.1) is 18.8 Å². The lowest BCUT2D eigenvalue weighted by molar-refractivity contribution is 0.0512. The number of unbranched alkanes of at least 4 members (excludes halogenated alkanes) is 1. The molecule has 3 heterocycles. The summed E-state index contributed by atoms with van der Waals surface area (Å²) >= 11 is 0. The largest absolute Gasteiger partial charge is 0.487 e. The zero-order chi connectivity index (χ0) is 19.3. The van der Waals surface area contributed by atoms with Crippen LogP contribution in [0.5, 0.6) is 5.75 Å². The van der Waals surface area contributed by atoms with Crippen LogP contribution in [0.25, 0.3) is 0 Å². The number of esters is 1. The molecule has 27 heavy (non-hydrogen) atoms. The van der Waals surface area contributed by atoms with E-state index in [1.165, 1.54) is 6.20 Å². The van der Waals surface area contributed by atoms with Crippen LogP contribution in [0.1, 0.15) is 60.9 Å². The maximum Gasteiger partial charge on any atom is 0.343 e. The monoisotopic (exact) mass is 374 g/mol. The average Bonchev–Trinajstić information content (AvgIpc) is 3.28. The fourth-order valence-corrected chi connectivity index (χ4v) is 4.73. The zero-order valence-electron chi connectivity index (χ0n) is 16.1. The lowest BCUT2D eigenvalue weighted by Gasteiger charge is -2.36. The van der Waals surface area contributed by atoms with Gasteiger partial charge in [0, 0.05) is 19.3 Å². The van der Waals surface area contributed by atoms with Gasteiger partial charge in [0.15, 0.2) is 11.4 Å². The van der Waals surface area contributed by atoms with Gasteiger partial charge in [-0.2, -0.15) is 0 Å². The van der Waals surface area contributed by atoms with Gasteiger partial charge < -0.3 is 18.9 Å². The number of fused-ring (bicyclic) bond motifs is 1. The van der Waals surface area contributed by atoms with E-state index >= 15 is 0 Å². The second-order valence-electron chi connectivity index (χ2n) is 7.91. The van der Waals surface area contributed by atoms with Gasteiger partial charge >= 0.3 is 5.97 Å². The second-order valence-corrected chi connectivity index (χ2v) is 7.91. The molecule has 0 aromatic carbocycles. The average molecular weight is 374 g/mol. The number of rotatable bonds is 6. The van der Waals surface area contributed by atoms with Crippen LogP contribution < -0.4 is 10.2 Å². The Morgan fingerprint density at radius 1 is 1.33 bits per heavy atom. The van der Waals surface area contributed by atoms with Gasteiger partial charge in [-0.3, -0.25) is 9.59 Å². The van der Waals surface area contributed by atoms with Crippen molar-refractivity contribution in [2.45, 2.75) is 52.1 Å². The summed E-state index contributed by atoms with van der Waals surface area (Å²) in [6.45, 7) is 7.72. The molecule has 3 aliphatic rings. The van der Waals surface area contributed by atoms with Crippen LogP contribution in [0.2, 0.25) is 0 Å². The van der Waals surface area contributed by atoms with Crippen molar-refractivity contribution in [2.24, 2.45) is 11.8 Å². The minimum Gasteiger partial charge on any atom is -0.487 e. The zero-order valence-corrected chi connectivity index (χ0v) is 16.1. The highest BCUT2D eigenvalue weighted by molar-refractivity contribution is 5.99. The molecular formula is C20H26N2O5. The van der Waals surface area contributed by atoms with E-state index in [-0.39, 0.29) is 35.1 Å². The van der Waals surface area contributed by atoms with Gasteiger partial charge in [-0.15, -0.1) is 0 Å².